The van der Waals surface area contributed by atoms with E-state index >= 15 is 0 Å². The Bertz CT molecular complexity index is 1590. The van der Waals surface area contributed by atoms with E-state index < -0.39 is 29.9 Å². The van der Waals surface area contributed by atoms with Gasteiger partial charge in [-0.3, -0.25) is 4.79 Å². The van der Waals surface area contributed by atoms with Gasteiger partial charge in [-0.1, -0.05) is 6.07 Å². The van der Waals surface area contributed by atoms with E-state index in [9.17, 15) is 22.8 Å². The van der Waals surface area contributed by atoms with Crippen molar-refractivity contribution in [1.29, 1.82) is 0 Å². The standard InChI is InChI=1S/C27H22F3N5O6/c1-34(18-11-31-26(39-2)32-12-18)24(36)16-4-3-5-17(10-16)35-22-20(23(33-35)27(28,29)30)13-40-14-21(22)41-19-8-6-15(7-9-19)25(37)38/h3-12,21H,13-14H2,1-2H3,(H,37,38). The number of carbonyl (C=O) groups excluding carboxylic acids is 1. The molecule has 0 bridgehead atoms. The minimum Gasteiger partial charge on any atom is -0.482 e. The monoisotopic (exact) mass is 569 g/mol. The third-order valence-corrected chi connectivity index (χ3v) is 6.32. The largest absolute Gasteiger partial charge is 0.482 e. The maximum atomic E-state index is 14.0. The van der Waals surface area contributed by atoms with Crippen molar-refractivity contribution >= 4 is 17.6 Å². The van der Waals surface area contributed by atoms with Crippen LogP contribution >= 0.6 is 0 Å². The number of benzene rings is 2. The van der Waals surface area contributed by atoms with Crippen molar-refractivity contribution in [2.75, 3.05) is 25.7 Å². The zero-order chi connectivity index (χ0) is 29.3. The number of carboxylic acids is 1. The number of hydrogen-bond acceptors (Lipinski definition) is 8. The molecule has 0 aliphatic carbocycles. The van der Waals surface area contributed by atoms with Gasteiger partial charge in [0.2, 0.25) is 0 Å². The lowest BCUT2D eigenvalue weighted by Crippen LogP contribution is -2.27. The number of amides is 1. The molecule has 0 fully saturated rings. The molecule has 0 spiro atoms. The lowest BCUT2D eigenvalue weighted by atomic mass is 10.1. The highest BCUT2D eigenvalue weighted by molar-refractivity contribution is 6.05. The molecule has 1 N–H and O–H groups in total. The van der Waals surface area contributed by atoms with Gasteiger partial charge in [-0.2, -0.15) is 18.3 Å². The lowest BCUT2D eigenvalue weighted by Gasteiger charge is -2.26. The van der Waals surface area contributed by atoms with Gasteiger partial charge in [-0.15, -0.1) is 0 Å². The fraction of sp³-hybridized carbons (Fsp3) is 0.222. The molecule has 14 heteroatoms. The molecule has 1 aliphatic rings. The Morgan fingerprint density at radius 3 is 2.44 bits per heavy atom. The van der Waals surface area contributed by atoms with Crippen LogP contribution < -0.4 is 14.4 Å². The summed E-state index contributed by atoms with van der Waals surface area (Å²) in [6, 6.07) is 11.6. The van der Waals surface area contributed by atoms with Gasteiger partial charge >= 0.3 is 18.2 Å². The van der Waals surface area contributed by atoms with Crippen molar-refractivity contribution in [2.45, 2.75) is 18.9 Å². The van der Waals surface area contributed by atoms with E-state index in [-0.39, 0.29) is 53.0 Å². The Morgan fingerprint density at radius 2 is 1.80 bits per heavy atom. The van der Waals surface area contributed by atoms with Crippen LogP contribution in [0, 0.1) is 0 Å². The number of carboxylic acid groups (broad SMARTS) is 1. The first-order valence-corrected chi connectivity index (χ1v) is 12.1. The summed E-state index contributed by atoms with van der Waals surface area (Å²) >= 11 is 0. The zero-order valence-electron chi connectivity index (χ0n) is 21.6. The van der Waals surface area contributed by atoms with Gasteiger partial charge in [-0.25, -0.2) is 19.4 Å². The summed E-state index contributed by atoms with van der Waals surface area (Å²) in [6.45, 7) is -0.434. The quantitative estimate of drug-likeness (QED) is 0.346. The molecular formula is C27H22F3N5O6. The van der Waals surface area contributed by atoms with Crippen molar-refractivity contribution < 1.29 is 42.1 Å². The fourth-order valence-electron chi connectivity index (χ4n) is 4.31. The van der Waals surface area contributed by atoms with E-state index in [2.05, 4.69) is 15.1 Å². The molecule has 11 nitrogen and oxygen atoms in total. The van der Waals surface area contributed by atoms with Gasteiger partial charge in [0, 0.05) is 18.2 Å². The van der Waals surface area contributed by atoms with E-state index in [4.69, 9.17) is 19.3 Å². The minimum absolute atomic E-state index is 0.0231. The van der Waals surface area contributed by atoms with E-state index in [1.54, 1.807) is 0 Å². The molecule has 2 aromatic heterocycles. The van der Waals surface area contributed by atoms with Crippen molar-refractivity contribution in [3.05, 3.63) is 89.0 Å². The molecule has 1 atom stereocenters. The van der Waals surface area contributed by atoms with Crippen LogP contribution in [0.5, 0.6) is 11.8 Å². The Labute approximate surface area is 230 Å². The predicted molar refractivity (Wildman–Crippen MR) is 136 cm³/mol. The van der Waals surface area contributed by atoms with Crippen LogP contribution in [0.4, 0.5) is 18.9 Å². The van der Waals surface area contributed by atoms with Gasteiger partial charge in [0.15, 0.2) is 11.8 Å². The first-order valence-electron chi connectivity index (χ1n) is 12.1. The summed E-state index contributed by atoms with van der Waals surface area (Å²) in [4.78, 5) is 33.7. The minimum atomic E-state index is -4.79. The number of carbonyl (C=O) groups is 2. The Kier molecular flexibility index (Phi) is 7.32. The second kappa shape index (κ2) is 10.9. The molecule has 0 saturated heterocycles. The molecule has 212 valence electrons. The highest BCUT2D eigenvalue weighted by atomic mass is 19.4. The Morgan fingerprint density at radius 1 is 1.10 bits per heavy atom. The maximum absolute atomic E-state index is 14.0. The van der Waals surface area contributed by atoms with Crippen LogP contribution in [-0.2, 0) is 17.5 Å². The number of nitrogens with zero attached hydrogens (tertiary/aromatic N) is 5. The van der Waals surface area contributed by atoms with Crippen LogP contribution in [0.3, 0.4) is 0 Å². The smallest absolute Gasteiger partial charge is 0.435 e. The number of aromatic nitrogens is 4. The topological polar surface area (TPSA) is 129 Å². The zero-order valence-corrected chi connectivity index (χ0v) is 21.6. The van der Waals surface area contributed by atoms with Crippen molar-refractivity contribution in [3.63, 3.8) is 0 Å². The highest BCUT2D eigenvalue weighted by Crippen LogP contribution is 2.39. The number of hydrogen-bond donors (Lipinski definition) is 1. The first-order chi connectivity index (χ1) is 19.6. The second-order valence-corrected chi connectivity index (χ2v) is 8.92. The number of halogens is 3. The number of alkyl halides is 3. The summed E-state index contributed by atoms with van der Waals surface area (Å²) in [5.41, 5.74) is -0.462. The molecule has 1 aliphatic heterocycles. The van der Waals surface area contributed by atoms with E-state index in [0.717, 1.165) is 4.68 Å². The molecule has 2 aromatic carbocycles. The second-order valence-electron chi connectivity index (χ2n) is 8.92. The van der Waals surface area contributed by atoms with Gasteiger partial charge in [0.1, 0.15) is 5.75 Å². The van der Waals surface area contributed by atoms with Gasteiger partial charge < -0.3 is 24.2 Å². The number of fused-ring (bicyclic) bond motifs is 1. The molecule has 3 heterocycles. The average Bonchev–Trinajstić information content (AvgIpc) is 3.38. The summed E-state index contributed by atoms with van der Waals surface area (Å²) < 4.78 is 59.5. The van der Waals surface area contributed by atoms with Gasteiger partial charge in [0.05, 0.1) is 55.3 Å². The summed E-state index contributed by atoms with van der Waals surface area (Å²) in [5, 5.41) is 13.0. The van der Waals surface area contributed by atoms with Gasteiger partial charge in [-0.05, 0) is 42.5 Å². The maximum Gasteiger partial charge on any atom is 0.435 e. The van der Waals surface area contributed by atoms with Crippen molar-refractivity contribution in [3.8, 4) is 17.4 Å². The molecule has 1 amide bonds. The summed E-state index contributed by atoms with van der Waals surface area (Å²) in [7, 11) is 2.92. The highest BCUT2D eigenvalue weighted by Gasteiger charge is 2.43. The SMILES string of the molecule is COc1ncc(N(C)C(=O)c2cccc(-n3nc(C(F)(F)F)c4c3C(Oc3ccc(C(=O)O)cc3)COC4)c2)cn1. The first kappa shape index (κ1) is 27.6. The normalized spacial score (nSPS) is 14.7. The number of anilines is 1. The average molecular weight is 569 g/mol. The third kappa shape index (κ3) is 5.54. The Balaban J connectivity index is 1.52. The van der Waals surface area contributed by atoms with Gasteiger partial charge in [0.25, 0.3) is 5.91 Å². The van der Waals surface area contributed by atoms with E-state index in [1.165, 1.54) is 80.0 Å². The summed E-state index contributed by atoms with van der Waals surface area (Å²) in [5.74, 6) is -1.37. The molecule has 0 saturated carbocycles. The number of ether oxygens (including phenoxy) is 3. The van der Waals surface area contributed by atoms with Crippen molar-refractivity contribution in [2.24, 2.45) is 0 Å². The predicted octanol–water partition coefficient (Wildman–Crippen LogP) is 4.31. The molecule has 1 unspecified atom stereocenters. The number of rotatable bonds is 7. The molecular weight excluding hydrogens is 547 g/mol. The van der Waals surface area contributed by atoms with Crippen LogP contribution in [-0.4, -0.2) is 57.5 Å². The molecule has 4 aromatic rings. The molecule has 41 heavy (non-hydrogen) atoms. The van der Waals surface area contributed by atoms with Crippen LogP contribution in [0.2, 0.25) is 0 Å². The third-order valence-electron chi connectivity index (χ3n) is 6.32. The van der Waals surface area contributed by atoms with E-state index in [1.807, 2.05) is 0 Å². The van der Waals surface area contributed by atoms with E-state index in [0.29, 0.717) is 5.69 Å². The van der Waals surface area contributed by atoms with Crippen molar-refractivity contribution in [1.82, 2.24) is 19.7 Å². The molecule has 0 radical (unpaired) electrons. The number of aromatic carboxylic acids is 1. The number of methoxy groups -OCH3 is 1. The summed E-state index contributed by atoms with van der Waals surface area (Å²) in [6.07, 6.45) is -3.00. The van der Waals surface area contributed by atoms with Crippen LogP contribution in [0.25, 0.3) is 5.69 Å². The molecule has 5 rings (SSSR count). The Hall–Kier alpha value is -4.98. The lowest BCUT2D eigenvalue weighted by molar-refractivity contribution is -0.143. The van der Waals surface area contributed by atoms with Crippen LogP contribution in [0.1, 0.15) is 43.8 Å². The fourth-order valence-corrected chi connectivity index (χ4v) is 4.31. The van der Waals surface area contributed by atoms with Crippen LogP contribution in [0.15, 0.2) is 60.9 Å².